The van der Waals surface area contributed by atoms with E-state index in [1.54, 1.807) is 11.3 Å². The van der Waals surface area contributed by atoms with Gasteiger partial charge in [0.25, 0.3) is 0 Å². The molecule has 1 fully saturated rings. The van der Waals surface area contributed by atoms with Crippen molar-refractivity contribution in [3.8, 4) is 0 Å². The largest absolute Gasteiger partial charge is 0.369 e. The Labute approximate surface area is 98.4 Å². The Morgan fingerprint density at radius 3 is 2.56 bits per heavy atom. The first-order valence-electron chi connectivity index (χ1n) is 5.51. The van der Waals surface area contributed by atoms with Crippen LogP contribution in [0.25, 0.3) is 0 Å². The van der Waals surface area contributed by atoms with Crippen LogP contribution >= 0.6 is 11.3 Å². The second kappa shape index (κ2) is 4.78. The van der Waals surface area contributed by atoms with E-state index in [2.05, 4.69) is 15.5 Å². The molecule has 1 aliphatic rings. The van der Waals surface area contributed by atoms with Crippen molar-refractivity contribution in [3.05, 3.63) is 5.01 Å². The van der Waals surface area contributed by atoms with Crippen LogP contribution in [0.15, 0.2) is 0 Å². The molecule has 1 aliphatic carbocycles. The van der Waals surface area contributed by atoms with Gasteiger partial charge in [0.1, 0.15) is 5.01 Å². The number of rotatable bonds is 3. The summed E-state index contributed by atoms with van der Waals surface area (Å²) in [6.07, 6.45) is 3.72. The molecular weight excluding hydrogens is 224 g/mol. The molecule has 0 aliphatic heterocycles. The molecule has 0 aromatic carbocycles. The van der Waals surface area contributed by atoms with Crippen LogP contribution < -0.4 is 11.1 Å². The molecule has 5 nitrogen and oxygen atoms in total. The Hall–Kier alpha value is -1.17. The summed E-state index contributed by atoms with van der Waals surface area (Å²) < 4.78 is 0. The minimum absolute atomic E-state index is 0.0641. The Morgan fingerprint density at radius 2 is 2.06 bits per heavy atom. The van der Waals surface area contributed by atoms with Crippen LogP contribution in [0.1, 0.15) is 30.7 Å². The number of primary amides is 1. The van der Waals surface area contributed by atoms with Gasteiger partial charge in [-0.1, -0.05) is 11.3 Å². The fraction of sp³-hybridized carbons (Fsp3) is 0.700. The highest BCUT2D eigenvalue weighted by molar-refractivity contribution is 7.15. The molecule has 3 N–H and O–H groups in total. The minimum Gasteiger partial charge on any atom is -0.369 e. The van der Waals surface area contributed by atoms with Crippen LogP contribution in [0, 0.1) is 12.8 Å². The summed E-state index contributed by atoms with van der Waals surface area (Å²) in [5, 5.41) is 13.2. The molecule has 88 valence electrons. The van der Waals surface area contributed by atoms with Gasteiger partial charge in [-0.3, -0.25) is 4.79 Å². The van der Waals surface area contributed by atoms with Crippen molar-refractivity contribution in [3.63, 3.8) is 0 Å². The lowest BCUT2D eigenvalue weighted by atomic mass is 9.86. The first kappa shape index (κ1) is 11.3. The van der Waals surface area contributed by atoms with E-state index in [4.69, 9.17) is 5.73 Å². The van der Waals surface area contributed by atoms with E-state index in [1.165, 1.54) is 0 Å². The van der Waals surface area contributed by atoms with Crippen molar-refractivity contribution >= 4 is 22.4 Å². The highest BCUT2D eigenvalue weighted by Crippen LogP contribution is 2.27. The number of carbonyl (C=O) groups excluding carboxylic acids is 1. The molecule has 1 aromatic heterocycles. The molecule has 1 heterocycles. The van der Waals surface area contributed by atoms with E-state index in [-0.39, 0.29) is 11.8 Å². The first-order valence-corrected chi connectivity index (χ1v) is 6.33. The van der Waals surface area contributed by atoms with Crippen molar-refractivity contribution in [2.24, 2.45) is 11.7 Å². The predicted octanol–water partition coefficient (Wildman–Crippen LogP) is 1.30. The van der Waals surface area contributed by atoms with Crippen LogP contribution in [0.5, 0.6) is 0 Å². The van der Waals surface area contributed by atoms with Gasteiger partial charge in [-0.05, 0) is 32.6 Å². The van der Waals surface area contributed by atoms with E-state index < -0.39 is 0 Å². The molecule has 1 amide bonds. The Kier molecular flexibility index (Phi) is 3.38. The van der Waals surface area contributed by atoms with Crippen molar-refractivity contribution < 1.29 is 4.79 Å². The molecule has 1 aromatic rings. The molecule has 6 heteroatoms. The number of amides is 1. The van der Waals surface area contributed by atoms with Crippen molar-refractivity contribution in [1.82, 2.24) is 10.2 Å². The average Bonchev–Trinajstić information content (AvgIpc) is 2.65. The Balaban J connectivity index is 1.83. The van der Waals surface area contributed by atoms with Crippen LogP contribution in [0.2, 0.25) is 0 Å². The van der Waals surface area contributed by atoms with Crippen molar-refractivity contribution in [1.29, 1.82) is 0 Å². The number of nitrogens with zero attached hydrogens (tertiary/aromatic N) is 2. The van der Waals surface area contributed by atoms with E-state index in [9.17, 15) is 4.79 Å². The average molecular weight is 240 g/mol. The van der Waals surface area contributed by atoms with Gasteiger partial charge in [0, 0.05) is 12.0 Å². The van der Waals surface area contributed by atoms with E-state index >= 15 is 0 Å². The second-order valence-electron chi connectivity index (χ2n) is 4.22. The zero-order valence-corrected chi connectivity index (χ0v) is 10.1. The van der Waals surface area contributed by atoms with Gasteiger partial charge in [0.15, 0.2) is 0 Å². The van der Waals surface area contributed by atoms with Crippen LogP contribution in [-0.4, -0.2) is 22.1 Å². The molecule has 0 spiro atoms. The lowest BCUT2D eigenvalue weighted by molar-refractivity contribution is -0.122. The highest BCUT2D eigenvalue weighted by Gasteiger charge is 2.24. The van der Waals surface area contributed by atoms with Gasteiger partial charge in [0.05, 0.1) is 0 Å². The molecule has 2 rings (SSSR count). The van der Waals surface area contributed by atoms with Gasteiger partial charge >= 0.3 is 0 Å². The number of nitrogens with one attached hydrogen (secondary N) is 1. The lowest BCUT2D eigenvalue weighted by Crippen LogP contribution is -2.32. The Bertz CT molecular complexity index is 371. The number of aryl methyl sites for hydroxylation is 1. The zero-order valence-electron chi connectivity index (χ0n) is 9.27. The summed E-state index contributed by atoms with van der Waals surface area (Å²) in [5.74, 6) is -0.0978. The maximum absolute atomic E-state index is 11.0. The second-order valence-corrected chi connectivity index (χ2v) is 5.40. The normalized spacial score (nSPS) is 25.3. The quantitative estimate of drug-likeness (QED) is 0.834. The molecule has 16 heavy (non-hydrogen) atoms. The smallest absolute Gasteiger partial charge is 0.220 e. The van der Waals surface area contributed by atoms with Crippen LogP contribution in [0.4, 0.5) is 5.13 Å². The van der Waals surface area contributed by atoms with Gasteiger partial charge in [0.2, 0.25) is 11.0 Å². The summed E-state index contributed by atoms with van der Waals surface area (Å²) in [6.45, 7) is 1.94. The number of hydrogen-bond acceptors (Lipinski definition) is 5. The summed E-state index contributed by atoms with van der Waals surface area (Å²) >= 11 is 1.56. The third-order valence-electron chi connectivity index (χ3n) is 2.98. The maximum atomic E-state index is 11.0. The topological polar surface area (TPSA) is 80.9 Å². The standard InChI is InChI=1S/C10H16N4OS/c1-6-13-14-10(16-6)12-8-4-2-7(3-5-8)9(11)15/h7-8H,2-5H2,1H3,(H2,11,15)(H,12,14). The van der Waals surface area contributed by atoms with Gasteiger partial charge < -0.3 is 11.1 Å². The summed E-state index contributed by atoms with van der Waals surface area (Å²) in [7, 11) is 0. The third kappa shape index (κ3) is 2.69. The Morgan fingerprint density at radius 1 is 1.38 bits per heavy atom. The summed E-state index contributed by atoms with van der Waals surface area (Å²) in [5.41, 5.74) is 5.29. The molecule has 0 atom stereocenters. The summed E-state index contributed by atoms with van der Waals surface area (Å²) in [6, 6.07) is 0.406. The van der Waals surface area contributed by atoms with Gasteiger partial charge in [-0.2, -0.15) is 0 Å². The van der Waals surface area contributed by atoms with Crippen molar-refractivity contribution in [2.45, 2.75) is 38.6 Å². The first-order chi connectivity index (χ1) is 7.65. The lowest BCUT2D eigenvalue weighted by Gasteiger charge is -2.26. The molecule has 1 saturated carbocycles. The van der Waals surface area contributed by atoms with Gasteiger partial charge in [-0.25, -0.2) is 0 Å². The van der Waals surface area contributed by atoms with E-state index in [0.717, 1.165) is 35.8 Å². The maximum Gasteiger partial charge on any atom is 0.220 e. The van der Waals surface area contributed by atoms with E-state index in [1.807, 2.05) is 6.92 Å². The third-order valence-corrected chi connectivity index (χ3v) is 3.75. The number of nitrogens with two attached hydrogens (primary N) is 1. The SMILES string of the molecule is Cc1nnc(NC2CCC(C(N)=O)CC2)s1. The number of aromatic nitrogens is 2. The molecule has 0 bridgehead atoms. The number of anilines is 1. The van der Waals surface area contributed by atoms with Crippen LogP contribution in [0.3, 0.4) is 0 Å². The fourth-order valence-corrected chi connectivity index (χ4v) is 2.72. The minimum atomic E-state index is -0.162. The van der Waals surface area contributed by atoms with E-state index in [0.29, 0.717) is 6.04 Å². The van der Waals surface area contributed by atoms with Gasteiger partial charge in [-0.15, -0.1) is 10.2 Å². The summed E-state index contributed by atoms with van der Waals surface area (Å²) in [4.78, 5) is 11.0. The highest BCUT2D eigenvalue weighted by atomic mass is 32.1. The zero-order chi connectivity index (χ0) is 11.5. The molecule has 0 unspecified atom stereocenters. The predicted molar refractivity (Wildman–Crippen MR) is 63.2 cm³/mol. The van der Waals surface area contributed by atoms with Crippen LogP contribution in [-0.2, 0) is 4.79 Å². The number of carbonyl (C=O) groups is 1. The fourth-order valence-electron chi connectivity index (χ4n) is 2.05. The number of hydrogen-bond donors (Lipinski definition) is 2. The monoisotopic (exact) mass is 240 g/mol. The molecular formula is C10H16N4OS. The van der Waals surface area contributed by atoms with Crippen molar-refractivity contribution in [2.75, 3.05) is 5.32 Å². The molecule has 0 radical (unpaired) electrons. The molecule has 0 saturated heterocycles.